The van der Waals surface area contributed by atoms with Gasteiger partial charge in [-0.3, -0.25) is 14.3 Å². The second-order valence-electron chi connectivity index (χ2n) is 5.01. The van der Waals surface area contributed by atoms with Gasteiger partial charge in [0.1, 0.15) is 6.61 Å². The number of aromatic nitrogens is 2. The van der Waals surface area contributed by atoms with Crippen LogP contribution in [-0.2, 0) is 14.2 Å². The summed E-state index contributed by atoms with van der Waals surface area (Å²) in [6.45, 7) is 3.26. The van der Waals surface area contributed by atoms with E-state index in [1.807, 2.05) is 0 Å². The molecule has 8 heteroatoms. The maximum absolute atomic E-state index is 11.2. The molecule has 108 valence electrons. The van der Waals surface area contributed by atoms with Crippen molar-refractivity contribution >= 4 is 12.2 Å². The Bertz CT molecular complexity index is 690. The molecule has 1 saturated heterocycles. The van der Waals surface area contributed by atoms with Crippen LogP contribution in [0.1, 0.15) is 20.1 Å². The minimum Gasteiger partial charge on any atom is -0.465 e. The highest BCUT2D eigenvalue weighted by molar-refractivity contribution is 7.71. The van der Waals surface area contributed by atoms with E-state index >= 15 is 0 Å². The molecule has 7 nitrogen and oxygen atoms in total. The highest BCUT2D eigenvalue weighted by Crippen LogP contribution is 2.44. The lowest BCUT2D eigenvalue weighted by Crippen LogP contribution is -2.29. The van der Waals surface area contributed by atoms with Gasteiger partial charge in [0.15, 0.2) is 22.4 Å². The summed E-state index contributed by atoms with van der Waals surface area (Å²) in [6, 6.07) is 1.34. The average Bonchev–Trinajstić information content (AvgIpc) is 2.83. The molecule has 1 aromatic rings. The summed E-state index contributed by atoms with van der Waals surface area (Å²) in [4.78, 5) is 13.7. The molecule has 1 unspecified atom stereocenters. The predicted octanol–water partition coefficient (Wildman–Crippen LogP) is 0.790. The van der Waals surface area contributed by atoms with Gasteiger partial charge in [0.2, 0.25) is 12.0 Å². The first-order valence-electron chi connectivity index (χ1n) is 6.10. The molecule has 1 aromatic heterocycles. The van der Waals surface area contributed by atoms with Crippen LogP contribution in [0, 0.1) is 4.77 Å². The van der Waals surface area contributed by atoms with E-state index in [1.165, 1.54) is 12.3 Å². The topological polar surface area (TPSA) is 85.7 Å². The third-order valence-electron chi connectivity index (χ3n) is 3.09. The molecule has 0 radical (unpaired) electrons. The Morgan fingerprint density at radius 3 is 2.95 bits per heavy atom. The number of H-pyrrole nitrogens is 1. The Kier molecular flexibility index (Phi) is 2.96. The number of aliphatic hydroxyl groups excluding tert-OH is 1. The monoisotopic (exact) mass is 298 g/mol. The molecule has 0 amide bonds. The van der Waals surface area contributed by atoms with Gasteiger partial charge in [0, 0.05) is 26.1 Å². The van der Waals surface area contributed by atoms with E-state index in [4.69, 9.17) is 26.4 Å². The lowest BCUT2D eigenvalue weighted by Gasteiger charge is -2.23. The maximum Gasteiger partial charge on any atom is 0.251 e. The van der Waals surface area contributed by atoms with Gasteiger partial charge < -0.3 is 19.3 Å². The van der Waals surface area contributed by atoms with Crippen molar-refractivity contribution in [2.75, 3.05) is 6.61 Å². The van der Waals surface area contributed by atoms with E-state index in [-0.39, 0.29) is 16.9 Å². The molecule has 1 fully saturated rings. The molecule has 20 heavy (non-hydrogen) atoms. The molecule has 0 aliphatic carbocycles. The maximum atomic E-state index is 11.2. The SMILES string of the molecule is CC1(C)OC2=C(CO)O[C@@H](n3ccc(=O)[nH]c3=S)C2O1. The number of nitrogens with one attached hydrogen (secondary N) is 1. The average molecular weight is 298 g/mol. The standard InChI is InChI=1S/C12H14N2O5S/c1-12(2)18-8-6(5-15)17-10(9(8)19-12)14-4-3-7(16)13-11(14)20/h3-4,9-10,15H,5H2,1-2H3,(H,13,16,20)/t9?,10-/m1/s1. The fraction of sp³-hybridized carbons (Fsp3) is 0.500. The zero-order chi connectivity index (χ0) is 14.5. The fourth-order valence-electron chi connectivity index (χ4n) is 2.32. The molecule has 3 rings (SSSR count). The van der Waals surface area contributed by atoms with E-state index in [1.54, 1.807) is 18.4 Å². The molecule has 2 aliphatic rings. The van der Waals surface area contributed by atoms with E-state index < -0.39 is 18.1 Å². The van der Waals surface area contributed by atoms with Gasteiger partial charge >= 0.3 is 0 Å². The minimum atomic E-state index is -0.799. The molecule has 0 saturated carbocycles. The summed E-state index contributed by atoms with van der Waals surface area (Å²) in [5.41, 5.74) is -0.288. The number of nitrogens with zero attached hydrogens (tertiary/aromatic N) is 1. The van der Waals surface area contributed by atoms with Gasteiger partial charge in [0.05, 0.1) is 0 Å². The highest BCUT2D eigenvalue weighted by atomic mass is 32.1. The summed E-state index contributed by atoms with van der Waals surface area (Å²) >= 11 is 5.12. The van der Waals surface area contributed by atoms with Crippen molar-refractivity contribution in [3.05, 3.63) is 38.9 Å². The highest BCUT2D eigenvalue weighted by Gasteiger charge is 2.50. The molecule has 2 atom stereocenters. The summed E-state index contributed by atoms with van der Waals surface area (Å²) in [5.74, 6) is -0.0124. The van der Waals surface area contributed by atoms with Crippen LogP contribution in [0.2, 0.25) is 0 Å². The molecule has 2 N–H and O–H groups in total. The number of hydrogen-bond acceptors (Lipinski definition) is 6. The first-order chi connectivity index (χ1) is 9.41. The van der Waals surface area contributed by atoms with Crippen molar-refractivity contribution < 1.29 is 19.3 Å². The molecule has 0 aromatic carbocycles. The van der Waals surface area contributed by atoms with Crippen LogP contribution in [0.25, 0.3) is 0 Å². The van der Waals surface area contributed by atoms with Crippen molar-refractivity contribution in [3.63, 3.8) is 0 Å². The van der Waals surface area contributed by atoms with Crippen LogP contribution in [0.15, 0.2) is 28.6 Å². The first kappa shape index (κ1) is 13.3. The van der Waals surface area contributed by atoms with Crippen molar-refractivity contribution in [1.82, 2.24) is 9.55 Å². The van der Waals surface area contributed by atoms with Crippen LogP contribution < -0.4 is 5.56 Å². The van der Waals surface area contributed by atoms with E-state index in [2.05, 4.69) is 4.98 Å². The molecular formula is C12H14N2O5S. The quantitative estimate of drug-likeness (QED) is 0.785. The molecule has 2 aliphatic heterocycles. The van der Waals surface area contributed by atoms with Crippen molar-refractivity contribution in [1.29, 1.82) is 0 Å². The number of rotatable bonds is 2. The minimum absolute atomic E-state index is 0.217. The van der Waals surface area contributed by atoms with Gasteiger partial charge in [-0.15, -0.1) is 0 Å². The largest absolute Gasteiger partial charge is 0.465 e. The van der Waals surface area contributed by atoms with Gasteiger partial charge in [-0.1, -0.05) is 0 Å². The summed E-state index contributed by atoms with van der Waals surface area (Å²) in [5, 5.41) is 9.35. The van der Waals surface area contributed by atoms with Gasteiger partial charge in [-0.05, 0) is 12.2 Å². The number of aromatic amines is 1. The van der Waals surface area contributed by atoms with Gasteiger partial charge in [-0.25, -0.2) is 0 Å². The van der Waals surface area contributed by atoms with Gasteiger partial charge in [-0.2, -0.15) is 0 Å². The zero-order valence-corrected chi connectivity index (χ0v) is 11.8. The van der Waals surface area contributed by atoms with Crippen LogP contribution in [0.4, 0.5) is 0 Å². The Labute approximate surface area is 119 Å². The third-order valence-corrected chi connectivity index (χ3v) is 3.40. The number of aliphatic hydroxyl groups is 1. The Hall–Kier alpha value is -1.64. The van der Waals surface area contributed by atoms with Crippen LogP contribution in [-0.4, -0.2) is 33.2 Å². The summed E-state index contributed by atoms with van der Waals surface area (Å²) < 4.78 is 18.8. The fourth-order valence-corrected chi connectivity index (χ4v) is 2.59. The van der Waals surface area contributed by atoms with Crippen LogP contribution in [0.3, 0.4) is 0 Å². The molecule has 0 bridgehead atoms. The van der Waals surface area contributed by atoms with E-state index in [0.29, 0.717) is 11.5 Å². The van der Waals surface area contributed by atoms with E-state index in [0.717, 1.165) is 0 Å². The Balaban J connectivity index is 2.02. The van der Waals surface area contributed by atoms with Crippen molar-refractivity contribution in [2.45, 2.75) is 32.0 Å². The van der Waals surface area contributed by atoms with Crippen LogP contribution >= 0.6 is 12.2 Å². The third kappa shape index (κ3) is 2.05. The second-order valence-corrected chi connectivity index (χ2v) is 5.40. The van der Waals surface area contributed by atoms with E-state index in [9.17, 15) is 9.90 Å². The van der Waals surface area contributed by atoms with Gasteiger partial charge in [0.25, 0.3) is 5.56 Å². The lowest BCUT2D eigenvalue weighted by molar-refractivity contribution is -0.166. The molecular weight excluding hydrogens is 284 g/mol. The Morgan fingerprint density at radius 1 is 1.55 bits per heavy atom. The zero-order valence-electron chi connectivity index (χ0n) is 11.0. The number of hydrogen-bond donors (Lipinski definition) is 2. The molecule has 0 spiro atoms. The van der Waals surface area contributed by atoms with Crippen LogP contribution in [0.5, 0.6) is 0 Å². The van der Waals surface area contributed by atoms with Crippen molar-refractivity contribution in [2.24, 2.45) is 0 Å². The lowest BCUT2D eigenvalue weighted by atomic mass is 10.2. The summed E-state index contributed by atoms with van der Waals surface area (Å²) in [7, 11) is 0. The summed E-state index contributed by atoms with van der Waals surface area (Å²) in [6.07, 6.45) is 0.404. The number of fused-ring (bicyclic) bond motifs is 1. The van der Waals surface area contributed by atoms with Crippen molar-refractivity contribution in [3.8, 4) is 0 Å². The predicted molar refractivity (Wildman–Crippen MR) is 70.2 cm³/mol. The molecule has 3 heterocycles. The smallest absolute Gasteiger partial charge is 0.251 e. The second kappa shape index (κ2) is 4.44. The Morgan fingerprint density at radius 2 is 2.30 bits per heavy atom. The first-order valence-corrected chi connectivity index (χ1v) is 6.51. The number of ether oxygens (including phenoxy) is 3. The normalized spacial score (nSPS) is 27.1.